The van der Waals surface area contributed by atoms with E-state index < -0.39 is 6.61 Å². The lowest BCUT2D eigenvalue weighted by atomic mass is 10.2. The highest BCUT2D eigenvalue weighted by Gasteiger charge is 2.05. The Labute approximate surface area is 83.2 Å². The number of nitrogens with one attached hydrogen (secondary N) is 1. The van der Waals surface area contributed by atoms with E-state index in [-0.39, 0.29) is 5.75 Å². The van der Waals surface area contributed by atoms with Crippen LogP contribution in [0.3, 0.4) is 0 Å². The molecule has 0 saturated carbocycles. The van der Waals surface area contributed by atoms with Crippen LogP contribution in [0.25, 0.3) is 0 Å². The first-order chi connectivity index (χ1) is 6.13. The molecule has 0 amide bonds. The summed E-state index contributed by atoms with van der Waals surface area (Å²) in [5.41, 5.74) is 1.65. The summed E-state index contributed by atoms with van der Waals surface area (Å²) in [6.07, 6.45) is 0. The summed E-state index contributed by atoms with van der Waals surface area (Å²) in [5, 5.41) is 0. The van der Waals surface area contributed by atoms with E-state index in [0.29, 0.717) is 5.69 Å². The molecule has 0 saturated heterocycles. The Bertz CT molecular complexity index is 293. The number of ether oxygens (including phenoxy) is 1. The number of anilines is 1. The number of hydrogen-bond donors (Lipinski definition) is 1. The van der Waals surface area contributed by atoms with Crippen LogP contribution in [0.1, 0.15) is 5.56 Å². The van der Waals surface area contributed by atoms with E-state index in [1.54, 1.807) is 6.07 Å². The van der Waals surface area contributed by atoms with Crippen LogP contribution in [0.2, 0.25) is 0 Å². The lowest BCUT2D eigenvalue weighted by molar-refractivity contribution is -0.0498. The Morgan fingerprint density at radius 3 is 2.69 bits per heavy atom. The van der Waals surface area contributed by atoms with Crippen LogP contribution >= 0.6 is 16.1 Å². The van der Waals surface area contributed by atoms with Crippen molar-refractivity contribution in [2.45, 2.75) is 13.5 Å². The van der Waals surface area contributed by atoms with Gasteiger partial charge in [-0.2, -0.15) is 8.78 Å². The van der Waals surface area contributed by atoms with Crippen LogP contribution in [0.15, 0.2) is 18.2 Å². The first-order valence-corrected chi connectivity index (χ1v) is 4.35. The number of rotatable bonds is 3. The maximum atomic E-state index is 11.8. The third-order valence-corrected chi connectivity index (χ3v) is 1.96. The van der Waals surface area contributed by atoms with Crippen molar-refractivity contribution in [1.29, 1.82) is 0 Å². The van der Waals surface area contributed by atoms with Gasteiger partial charge in [0.25, 0.3) is 0 Å². The fourth-order valence-corrected chi connectivity index (χ4v) is 1.31. The normalized spacial score (nSPS) is 10.2. The molecule has 1 aromatic rings. The SMILES string of the molecule is Cc1ccc(OC(F)F)cc1NBr. The van der Waals surface area contributed by atoms with Gasteiger partial charge in [-0.15, -0.1) is 0 Å². The van der Waals surface area contributed by atoms with Crippen molar-refractivity contribution in [2.75, 3.05) is 4.34 Å². The molecule has 0 aliphatic heterocycles. The third-order valence-electron chi connectivity index (χ3n) is 1.54. The lowest BCUT2D eigenvalue weighted by Crippen LogP contribution is -2.02. The molecule has 13 heavy (non-hydrogen) atoms. The third kappa shape index (κ3) is 2.84. The molecule has 0 fully saturated rings. The lowest BCUT2D eigenvalue weighted by Gasteiger charge is -2.07. The first kappa shape index (κ1) is 10.2. The number of benzene rings is 1. The van der Waals surface area contributed by atoms with Gasteiger partial charge in [0.2, 0.25) is 0 Å². The summed E-state index contributed by atoms with van der Waals surface area (Å²) in [5.74, 6) is 0.141. The van der Waals surface area contributed by atoms with Crippen molar-refractivity contribution in [3.05, 3.63) is 23.8 Å². The van der Waals surface area contributed by atoms with Crippen molar-refractivity contribution in [3.63, 3.8) is 0 Å². The Hall–Kier alpha value is -0.840. The molecule has 0 aliphatic carbocycles. The first-order valence-electron chi connectivity index (χ1n) is 3.55. The highest BCUT2D eigenvalue weighted by molar-refractivity contribution is 9.10. The van der Waals surface area contributed by atoms with Crippen molar-refractivity contribution in [2.24, 2.45) is 0 Å². The number of halogens is 3. The van der Waals surface area contributed by atoms with Crippen molar-refractivity contribution in [1.82, 2.24) is 0 Å². The average molecular weight is 252 g/mol. The summed E-state index contributed by atoms with van der Waals surface area (Å²) >= 11 is 3.02. The monoisotopic (exact) mass is 251 g/mol. The smallest absolute Gasteiger partial charge is 0.387 e. The van der Waals surface area contributed by atoms with Gasteiger partial charge in [0.15, 0.2) is 0 Å². The van der Waals surface area contributed by atoms with Crippen LogP contribution in [0.5, 0.6) is 5.75 Å². The van der Waals surface area contributed by atoms with Crippen LogP contribution in [0.4, 0.5) is 14.5 Å². The van der Waals surface area contributed by atoms with E-state index in [0.717, 1.165) is 5.56 Å². The fourth-order valence-electron chi connectivity index (χ4n) is 0.879. The van der Waals surface area contributed by atoms with Crippen molar-refractivity contribution in [3.8, 4) is 5.75 Å². The van der Waals surface area contributed by atoms with Gasteiger partial charge in [-0.25, -0.2) is 0 Å². The molecule has 0 atom stereocenters. The molecular weight excluding hydrogens is 244 g/mol. The molecule has 0 radical (unpaired) electrons. The van der Waals surface area contributed by atoms with Gasteiger partial charge >= 0.3 is 6.61 Å². The Balaban J connectivity index is 2.86. The molecule has 0 spiro atoms. The zero-order chi connectivity index (χ0) is 9.84. The molecule has 1 N–H and O–H groups in total. The molecule has 0 unspecified atom stereocenters. The van der Waals surface area contributed by atoms with Gasteiger partial charge in [0.05, 0.1) is 5.69 Å². The topological polar surface area (TPSA) is 21.3 Å². The maximum absolute atomic E-state index is 11.8. The van der Waals surface area contributed by atoms with E-state index in [9.17, 15) is 8.78 Å². The van der Waals surface area contributed by atoms with Gasteiger partial charge in [0.1, 0.15) is 5.75 Å². The predicted molar refractivity (Wildman–Crippen MR) is 50.4 cm³/mol. The summed E-state index contributed by atoms with van der Waals surface area (Å²) < 4.78 is 30.5. The molecule has 5 heteroatoms. The highest BCUT2D eigenvalue weighted by atomic mass is 79.9. The van der Waals surface area contributed by atoms with Gasteiger partial charge in [0, 0.05) is 22.2 Å². The fraction of sp³-hybridized carbons (Fsp3) is 0.250. The molecule has 0 aromatic heterocycles. The second-order valence-corrected chi connectivity index (χ2v) is 2.85. The number of alkyl halides is 2. The van der Waals surface area contributed by atoms with Gasteiger partial charge in [-0.1, -0.05) is 6.07 Å². The summed E-state index contributed by atoms with van der Waals surface area (Å²) in [6.45, 7) is -0.929. The number of aryl methyl sites for hydroxylation is 1. The zero-order valence-corrected chi connectivity index (χ0v) is 8.44. The second-order valence-electron chi connectivity index (χ2n) is 2.45. The summed E-state index contributed by atoms with van der Waals surface area (Å²) in [7, 11) is 0. The minimum Gasteiger partial charge on any atom is -0.435 e. The summed E-state index contributed by atoms with van der Waals surface area (Å²) in [4.78, 5) is 0. The average Bonchev–Trinajstić information content (AvgIpc) is 2.07. The molecule has 2 nitrogen and oxygen atoms in total. The molecule has 0 heterocycles. The van der Waals surface area contributed by atoms with Crippen molar-refractivity contribution >= 4 is 21.8 Å². The minimum absolute atomic E-state index is 0.141. The van der Waals surface area contributed by atoms with Crippen LogP contribution in [0, 0.1) is 6.92 Å². The van der Waals surface area contributed by atoms with E-state index in [1.807, 2.05) is 6.92 Å². The van der Waals surface area contributed by atoms with Crippen molar-refractivity contribution < 1.29 is 13.5 Å². The Kier molecular flexibility index (Phi) is 3.48. The standard InChI is InChI=1S/C8H8BrF2NO/c1-5-2-3-6(13-8(10)11)4-7(5)12-9/h2-4,8,12H,1H3. The van der Waals surface area contributed by atoms with E-state index in [1.165, 1.54) is 12.1 Å². The summed E-state index contributed by atoms with van der Waals surface area (Å²) in [6, 6.07) is 4.69. The highest BCUT2D eigenvalue weighted by Crippen LogP contribution is 2.23. The van der Waals surface area contributed by atoms with Crippen LogP contribution in [-0.4, -0.2) is 6.61 Å². The quantitative estimate of drug-likeness (QED) is 0.833. The molecule has 72 valence electrons. The molecular formula is C8H8BrF2NO. The van der Waals surface area contributed by atoms with Gasteiger partial charge < -0.3 is 9.08 Å². The van der Waals surface area contributed by atoms with E-state index in [4.69, 9.17) is 0 Å². The predicted octanol–water partition coefficient (Wildman–Crippen LogP) is 3.32. The molecule has 1 rings (SSSR count). The Morgan fingerprint density at radius 1 is 1.46 bits per heavy atom. The maximum Gasteiger partial charge on any atom is 0.387 e. The molecule has 0 aliphatic rings. The molecule has 0 bridgehead atoms. The molecule has 1 aromatic carbocycles. The van der Waals surface area contributed by atoms with E-state index in [2.05, 4.69) is 25.2 Å². The number of hydrogen-bond acceptors (Lipinski definition) is 2. The van der Waals surface area contributed by atoms with Gasteiger partial charge in [-0.05, 0) is 18.6 Å². The van der Waals surface area contributed by atoms with E-state index >= 15 is 0 Å². The van der Waals surface area contributed by atoms with Crippen LogP contribution in [-0.2, 0) is 0 Å². The largest absolute Gasteiger partial charge is 0.435 e. The second kappa shape index (κ2) is 4.41. The zero-order valence-electron chi connectivity index (χ0n) is 6.85. The minimum atomic E-state index is -2.79. The Morgan fingerprint density at radius 2 is 2.15 bits per heavy atom. The van der Waals surface area contributed by atoms with Gasteiger partial charge in [-0.3, -0.25) is 0 Å². The van der Waals surface area contributed by atoms with Crippen LogP contribution < -0.4 is 9.08 Å².